The van der Waals surface area contributed by atoms with Crippen LogP contribution in [0.4, 0.5) is 5.69 Å². The van der Waals surface area contributed by atoms with Crippen LogP contribution in [0.15, 0.2) is 47.4 Å². The van der Waals surface area contributed by atoms with E-state index in [0.29, 0.717) is 43.5 Å². The monoisotopic (exact) mass is 503 g/mol. The molecule has 0 unspecified atom stereocenters. The van der Waals surface area contributed by atoms with E-state index in [-0.39, 0.29) is 10.8 Å². The van der Waals surface area contributed by atoms with E-state index in [2.05, 4.69) is 0 Å². The normalized spacial score (nSPS) is 18.5. The van der Waals surface area contributed by atoms with Crippen molar-refractivity contribution in [3.8, 4) is 0 Å². The number of rotatable bonds is 6. The Kier molecular flexibility index (Phi) is 6.89. The van der Waals surface area contributed by atoms with Crippen molar-refractivity contribution in [3.05, 3.63) is 58.6 Å². The first-order valence-corrected chi connectivity index (χ1v) is 13.8. The second kappa shape index (κ2) is 9.29. The molecule has 1 aliphatic heterocycles. The quantitative estimate of drug-likeness (QED) is 0.491. The van der Waals surface area contributed by atoms with Crippen LogP contribution in [-0.4, -0.2) is 34.1 Å². The fourth-order valence-corrected chi connectivity index (χ4v) is 6.96. The molecule has 0 bridgehead atoms. The largest absolute Gasteiger partial charge is 0.381 e. The van der Waals surface area contributed by atoms with Crippen LogP contribution in [0.25, 0.3) is 0 Å². The van der Waals surface area contributed by atoms with Crippen LogP contribution in [0, 0.1) is 18.3 Å². The molecule has 2 aromatic rings. The summed E-state index contributed by atoms with van der Waals surface area (Å²) in [5.74, 6) is 0.627. The average Bonchev–Trinajstić information content (AvgIpc) is 3.61. The summed E-state index contributed by atoms with van der Waals surface area (Å²) in [5, 5.41) is 0.499. The van der Waals surface area contributed by atoms with Crippen molar-refractivity contribution < 1.29 is 17.9 Å². The molecule has 0 spiro atoms. The number of carbonyl (C=O) groups excluding carboxylic acids is 1. The number of sulfone groups is 1. The van der Waals surface area contributed by atoms with Crippen molar-refractivity contribution >= 4 is 33.0 Å². The maximum absolute atomic E-state index is 14.0. The van der Waals surface area contributed by atoms with Crippen LogP contribution in [0.3, 0.4) is 0 Å². The van der Waals surface area contributed by atoms with Gasteiger partial charge in [0.1, 0.15) is 4.75 Å². The zero-order chi connectivity index (χ0) is 24.7. The Morgan fingerprint density at radius 3 is 2.24 bits per heavy atom. The zero-order valence-electron chi connectivity index (χ0n) is 20.4. The van der Waals surface area contributed by atoms with Gasteiger partial charge in [0.25, 0.3) is 0 Å². The molecular weight excluding hydrogens is 470 g/mol. The summed E-state index contributed by atoms with van der Waals surface area (Å²) in [6.45, 7) is 9.25. The smallest absolute Gasteiger partial charge is 0.232 e. The van der Waals surface area contributed by atoms with Crippen LogP contribution >= 0.6 is 11.6 Å². The number of carbonyl (C=O) groups is 1. The highest BCUT2D eigenvalue weighted by Crippen LogP contribution is 2.45. The Hall–Kier alpha value is -1.89. The van der Waals surface area contributed by atoms with Crippen LogP contribution < -0.4 is 4.90 Å². The molecule has 1 saturated heterocycles. The molecule has 34 heavy (non-hydrogen) atoms. The number of amides is 1. The van der Waals surface area contributed by atoms with Gasteiger partial charge in [-0.3, -0.25) is 4.79 Å². The lowest BCUT2D eigenvalue weighted by atomic mass is 9.88. The molecule has 7 heteroatoms. The summed E-state index contributed by atoms with van der Waals surface area (Å²) in [6, 6.07) is 12.2. The van der Waals surface area contributed by atoms with Crippen molar-refractivity contribution in [2.75, 3.05) is 24.7 Å². The zero-order valence-corrected chi connectivity index (χ0v) is 22.0. The van der Waals surface area contributed by atoms with Crippen molar-refractivity contribution in [2.45, 2.75) is 63.0 Å². The minimum atomic E-state index is -3.71. The van der Waals surface area contributed by atoms with Gasteiger partial charge in [-0.25, -0.2) is 8.42 Å². The Bertz CT molecular complexity index is 1160. The second-order valence-corrected chi connectivity index (χ2v) is 13.4. The molecule has 0 atom stereocenters. The van der Waals surface area contributed by atoms with Crippen LogP contribution in [0.5, 0.6) is 0 Å². The van der Waals surface area contributed by atoms with E-state index in [9.17, 15) is 13.2 Å². The van der Waals surface area contributed by atoms with Gasteiger partial charge in [0.15, 0.2) is 9.84 Å². The van der Waals surface area contributed by atoms with Crippen molar-refractivity contribution in [3.63, 3.8) is 0 Å². The highest BCUT2D eigenvalue weighted by atomic mass is 35.5. The first kappa shape index (κ1) is 25.2. The second-order valence-electron chi connectivity index (χ2n) is 10.7. The first-order valence-electron chi connectivity index (χ1n) is 12.0. The number of anilines is 1. The maximum atomic E-state index is 14.0. The Balaban J connectivity index is 1.78. The minimum Gasteiger partial charge on any atom is -0.381 e. The highest BCUT2D eigenvalue weighted by molar-refractivity contribution is 7.92. The van der Waals surface area contributed by atoms with Crippen molar-refractivity contribution in [1.29, 1.82) is 0 Å². The number of nitrogens with zero attached hydrogens (tertiary/aromatic N) is 1. The predicted octanol–water partition coefficient (Wildman–Crippen LogP) is 5.92. The molecule has 5 nitrogen and oxygen atoms in total. The van der Waals surface area contributed by atoms with Gasteiger partial charge in [-0.05, 0) is 80.0 Å². The molecule has 1 amide bonds. The summed E-state index contributed by atoms with van der Waals surface area (Å²) in [4.78, 5) is 15.5. The van der Waals surface area contributed by atoms with Gasteiger partial charge in [-0.2, -0.15) is 0 Å². The molecule has 2 aromatic carbocycles. The van der Waals surface area contributed by atoms with E-state index >= 15 is 0 Å². The van der Waals surface area contributed by atoms with Gasteiger partial charge >= 0.3 is 0 Å². The maximum Gasteiger partial charge on any atom is 0.232 e. The van der Waals surface area contributed by atoms with Gasteiger partial charge in [-0.1, -0.05) is 44.5 Å². The SMILES string of the molecule is Cc1cc(C2(S(=O)(=O)c3ccc(Cl)cc3)CCOCC2)ccc1N(CC1CC1)C(=O)C(C)(C)C. The molecule has 1 saturated carbocycles. The number of halogens is 1. The van der Waals surface area contributed by atoms with E-state index < -0.39 is 20.0 Å². The number of benzene rings is 2. The van der Waals surface area contributed by atoms with Crippen molar-refractivity contribution in [1.82, 2.24) is 0 Å². The molecule has 184 valence electrons. The third-order valence-corrected chi connectivity index (χ3v) is 9.79. The number of ether oxygens (including phenoxy) is 1. The number of hydrogen-bond donors (Lipinski definition) is 0. The van der Waals surface area contributed by atoms with Crippen LogP contribution in [0.1, 0.15) is 57.6 Å². The molecule has 4 rings (SSSR count). The summed E-state index contributed by atoms with van der Waals surface area (Å²) in [5.41, 5.74) is 2.02. The van der Waals surface area contributed by atoms with Crippen LogP contribution in [-0.2, 0) is 24.1 Å². The Labute approximate surface area is 208 Å². The lowest BCUT2D eigenvalue weighted by Gasteiger charge is -2.38. The molecule has 1 heterocycles. The van der Waals surface area contributed by atoms with Crippen molar-refractivity contribution in [2.24, 2.45) is 11.3 Å². The fraction of sp³-hybridized carbons (Fsp3) is 0.519. The summed E-state index contributed by atoms with van der Waals surface area (Å²) >= 11 is 6.02. The number of aryl methyl sites for hydroxylation is 1. The van der Waals surface area contributed by atoms with Gasteiger partial charge < -0.3 is 9.64 Å². The Morgan fingerprint density at radius 2 is 1.71 bits per heavy atom. The molecular formula is C27H34ClNO4S. The topological polar surface area (TPSA) is 63.7 Å². The average molecular weight is 504 g/mol. The van der Waals surface area contributed by atoms with Crippen LogP contribution in [0.2, 0.25) is 5.02 Å². The standard InChI is InChI=1S/C27H34ClNO4S/c1-19-17-21(7-12-24(19)29(18-20-5-6-20)25(30)26(2,3)4)27(13-15-33-16-14-27)34(31,32)23-10-8-22(28)9-11-23/h7-12,17,20H,5-6,13-16,18H2,1-4H3. The third-order valence-electron chi connectivity index (χ3n) is 6.98. The van der Waals surface area contributed by atoms with Gasteiger partial charge in [0, 0.05) is 35.9 Å². The Morgan fingerprint density at radius 1 is 1.09 bits per heavy atom. The van der Waals surface area contributed by atoms with E-state index in [1.807, 2.05) is 50.8 Å². The van der Waals surface area contributed by atoms with E-state index in [0.717, 1.165) is 29.7 Å². The summed E-state index contributed by atoms with van der Waals surface area (Å²) < 4.78 is 32.4. The summed E-state index contributed by atoms with van der Waals surface area (Å²) in [6.07, 6.45) is 3.05. The highest BCUT2D eigenvalue weighted by Gasteiger charge is 2.47. The predicted molar refractivity (Wildman–Crippen MR) is 136 cm³/mol. The lowest BCUT2D eigenvalue weighted by molar-refractivity contribution is -0.125. The van der Waals surface area contributed by atoms with E-state index in [4.69, 9.17) is 16.3 Å². The van der Waals surface area contributed by atoms with E-state index in [1.54, 1.807) is 24.3 Å². The van der Waals surface area contributed by atoms with E-state index in [1.165, 1.54) is 0 Å². The molecule has 0 N–H and O–H groups in total. The van der Waals surface area contributed by atoms with Gasteiger partial charge in [0.2, 0.25) is 5.91 Å². The minimum absolute atomic E-state index is 0.0878. The van der Waals surface area contributed by atoms with Gasteiger partial charge in [0.05, 0.1) is 4.90 Å². The molecule has 0 aromatic heterocycles. The molecule has 2 fully saturated rings. The fourth-order valence-electron chi connectivity index (χ4n) is 4.75. The first-order chi connectivity index (χ1) is 16.0. The third kappa shape index (κ3) is 4.77. The lowest BCUT2D eigenvalue weighted by Crippen LogP contribution is -2.42. The summed E-state index contributed by atoms with van der Waals surface area (Å²) in [7, 11) is -3.71. The molecule has 1 aliphatic carbocycles. The van der Waals surface area contributed by atoms with Gasteiger partial charge in [-0.15, -0.1) is 0 Å². The number of hydrogen-bond acceptors (Lipinski definition) is 4. The molecule has 0 radical (unpaired) electrons. The molecule has 2 aliphatic rings.